The van der Waals surface area contributed by atoms with Crippen molar-refractivity contribution >= 4 is 17.5 Å². The Morgan fingerprint density at radius 2 is 2.16 bits per heavy atom. The quantitative estimate of drug-likeness (QED) is 0.881. The molecule has 3 rings (SSSR count). The highest BCUT2D eigenvalue weighted by atomic mass is 35.5. The lowest BCUT2D eigenvalue weighted by Crippen LogP contribution is -2.45. The molecule has 102 valence electrons. The minimum absolute atomic E-state index is 0.0486. The number of amides is 1. The molecule has 2 bridgehead atoms. The molecule has 19 heavy (non-hydrogen) atoms. The lowest BCUT2D eigenvalue weighted by atomic mass is 10.0. The van der Waals surface area contributed by atoms with Crippen molar-refractivity contribution in [3.05, 3.63) is 29.3 Å². The third-order valence-corrected chi connectivity index (χ3v) is 4.15. The highest BCUT2D eigenvalue weighted by Gasteiger charge is 2.39. The van der Waals surface area contributed by atoms with Gasteiger partial charge < -0.3 is 15.4 Å². The minimum Gasteiger partial charge on any atom is -0.484 e. The van der Waals surface area contributed by atoms with Gasteiger partial charge in [0.05, 0.1) is 0 Å². The van der Waals surface area contributed by atoms with E-state index in [1.165, 1.54) is 6.42 Å². The topological polar surface area (TPSA) is 50.4 Å². The van der Waals surface area contributed by atoms with Crippen LogP contribution in [0.3, 0.4) is 0 Å². The first-order chi connectivity index (χ1) is 9.20. The van der Waals surface area contributed by atoms with Crippen molar-refractivity contribution < 1.29 is 9.53 Å². The van der Waals surface area contributed by atoms with Crippen molar-refractivity contribution in [2.24, 2.45) is 5.92 Å². The minimum atomic E-state index is -0.0486. The molecule has 4 nitrogen and oxygen atoms in total. The van der Waals surface area contributed by atoms with E-state index in [9.17, 15) is 4.79 Å². The average Bonchev–Trinajstić information content (AvgIpc) is 3.00. The van der Waals surface area contributed by atoms with Gasteiger partial charge in [-0.1, -0.05) is 11.6 Å². The van der Waals surface area contributed by atoms with Crippen LogP contribution in [0.2, 0.25) is 5.02 Å². The molecule has 3 unspecified atom stereocenters. The van der Waals surface area contributed by atoms with E-state index in [1.54, 1.807) is 24.3 Å². The zero-order valence-electron chi connectivity index (χ0n) is 10.6. The zero-order valence-corrected chi connectivity index (χ0v) is 11.3. The van der Waals surface area contributed by atoms with E-state index in [0.29, 0.717) is 28.8 Å². The number of carbonyl (C=O) groups is 1. The Labute approximate surface area is 117 Å². The maximum atomic E-state index is 11.8. The normalized spacial score (nSPS) is 28.4. The molecule has 1 saturated carbocycles. The fourth-order valence-electron chi connectivity index (χ4n) is 2.94. The van der Waals surface area contributed by atoms with Gasteiger partial charge in [-0.05, 0) is 43.0 Å². The van der Waals surface area contributed by atoms with Gasteiger partial charge in [-0.15, -0.1) is 0 Å². The first-order valence-corrected chi connectivity index (χ1v) is 6.99. The summed E-state index contributed by atoms with van der Waals surface area (Å²) in [4.78, 5) is 11.8. The Kier molecular flexibility index (Phi) is 3.62. The van der Waals surface area contributed by atoms with Crippen molar-refractivity contribution in [1.29, 1.82) is 0 Å². The second-order valence-electron chi connectivity index (χ2n) is 5.25. The van der Waals surface area contributed by atoms with Crippen molar-refractivity contribution in [2.45, 2.75) is 24.9 Å². The average molecular weight is 281 g/mol. The summed E-state index contributed by atoms with van der Waals surface area (Å²) in [5.41, 5.74) is 0. The number of nitrogens with one attached hydrogen (secondary N) is 2. The van der Waals surface area contributed by atoms with Crippen LogP contribution in [0.5, 0.6) is 5.75 Å². The standard InChI is InChI=1S/C14H17ClN2O2/c15-10-1-3-12(4-2-10)19-8-14(18)17-13-6-11-5-9(13)7-16-11/h1-4,9,11,13,16H,5-8H2,(H,17,18). The van der Waals surface area contributed by atoms with E-state index in [-0.39, 0.29) is 12.5 Å². The molecule has 0 radical (unpaired) electrons. The van der Waals surface area contributed by atoms with Gasteiger partial charge in [-0.25, -0.2) is 0 Å². The van der Waals surface area contributed by atoms with Gasteiger partial charge in [0.25, 0.3) is 5.91 Å². The lowest BCUT2D eigenvalue weighted by Gasteiger charge is -2.23. The molecule has 1 aliphatic carbocycles. The molecule has 3 atom stereocenters. The molecule has 1 heterocycles. The van der Waals surface area contributed by atoms with Gasteiger partial charge in [0.1, 0.15) is 5.75 Å². The number of hydrogen-bond donors (Lipinski definition) is 2. The fraction of sp³-hybridized carbons (Fsp3) is 0.500. The summed E-state index contributed by atoms with van der Waals surface area (Å²) in [5, 5.41) is 7.15. The summed E-state index contributed by atoms with van der Waals surface area (Å²) < 4.78 is 5.43. The maximum Gasteiger partial charge on any atom is 0.258 e. The van der Waals surface area contributed by atoms with Crippen molar-refractivity contribution in [2.75, 3.05) is 13.2 Å². The Morgan fingerprint density at radius 3 is 2.79 bits per heavy atom. The molecule has 0 aromatic heterocycles. The van der Waals surface area contributed by atoms with E-state index in [0.717, 1.165) is 13.0 Å². The maximum absolute atomic E-state index is 11.8. The zero-order chi connectivity index (χ0) is 13.2. The predicted molar refractivity (Wildman–Crippen MR) is 73.4 cm³/mol. The number of halogens is 1. The van der Waals surface area contributed by atoms with E-state index in [2.05, 4.69) is 10.6 Å². The third kappa shape index (κ3) is 3.01. The molecule has 1 aromatic rings. The summed E-state index contributed by atoms with van der Waals surface area (Å²) in [7, 11) is 0. The third-order valence-electron chi connectivity index (χ3n) is 3.89. The molecule has 1 amide bonds. The molecular formula is C14H17ClN2O2. The van der Waals surface area contributed by atoms with Gasteiger partial charge in [0.15, 0.2) is 6.61 Å². The smallest absolute Gasteiger partial charge is 0.258 e. The highest BCUT2D eigenvalue weighted by Crippen LogP contribution is 2.31. The predicted octanol–water partition coefficient (Wildman–Crippen LogP) is 1.59. The Balaban J connectivity index is 1.45. The Hall–Kier alpha value is -1.26. The van der Waals surface area contributed by atoms with Gasteiger partial charge in [0.2, 0.25) is 0 Å². The summed E-state index contributed by atoms with van der Waals surface area (Å²) in [6.45, 7) is 1.08. The summed E-state index contributed by atoms with van der Waals surface area (Å²) in [5.74, 6) is 1.20. The van der Waals surface area contributed by atoms with E-state index in [4.69, 9.17) is 16.3 Å². The molecular weight excluding hydrogens is 264 g/mol. The Morgan fingerprint density at radius 1 is 1.37 bits per heavy atom. The number of carbonyl (C=O) groups excluding carboxylic acids is 1. The highest BCUT2D eigenvalue weighted by molar-refractivity contribution is 6.30. The second-order valence-corrected chi connectivity index (χ2v) is 5.69. The van der Waals surface area contributed by atoms with E-state index < -0.39 is 0 Å². The summed E-state index contributed by atoms with van der Waals surface area (Å²) in [6.07, 6.45) is 2.22. The molecule has 2 fully saturated rings. The Bertz CT molecular complexity index is 463. The second kappa shape index (κ2) is 5.39. The van der Waals surface area contributed by atoms with Gasteiger partial charge in [0, 0.05) is 23.7 Å². The van der Waals surface area contributed by atoms with Crippen LogP contribution in [0, 0.1) is 5.92 Å². The van der Waals surface area contributed by atoms with Crippen LogP contribution in [0.4, 0.5) is 0 Å². The SMILES string of the molecule is O=C(COc1ccc(Cl)cc1)NC1CC2CC1CN2. The molecule has 2 N–H and O–H groups in total. The number of rotatable bonds is 4. The first-order valence-electron chi connectivity index (χ1n) is 6.62. The van der Waals surface area contributed by atoms with Gasteiger partial charge in [-0.3, -0.25) is 4.79 Å². The number of hydrogen-bond acceptors (Lipinski definition) is 3. The lowest BCUT2D eigenvalue weighted by molar-refractivity contribution is -0.124. The van der Waals surface area contributed by atoms with Crippen LogP contribution in [-0.2, 0) is 4.79 Å². The van der Waals surface area contributed by atoms with Crippen molar-refractivity contribution in [1.82, 2.24) is 10.6 Å². The van der Waals surface area contributed by atoms with E-state index in [1.807, 2.05) is 0 Å². The molecule has 2 aliphatic rings. The fourth-order valence-corrected chi connectivity index (χ4v) is 3.07. The monoisotopic (exact) mass is 280 g/mol. The van der Waals surface area contributed by atoms with Crippen LogP contribution >= 0.6 is 11.6 Å². The molecule has 1 aromatic carbocycles. The van der Waals surface area contributed by atoms with Crippen LogP contribution in [-0.4, -0.2) is 31.1 Å². The van der Waals surface area contributed by atoms with Crippen LogP contribution in [0.25, 0.3) is 0 Å². The largest absolute Gasteiger partial charge is 0.484 e. The van der Waals surface area contributed by atoms with E-state index >= 15 is 0 Å². The van der Waals surface area contributed by atoms with Crippen LogP contribution in [0.15, 0.2) is 24.3 Å². The van der Waals surface area contributed by atoms with Crippen LogP contribution < -0.4 is 15.4 Å². The molecule has 5 heteroatoms. The first kappa shape index (κ1) is 12.8. The molecule has 1 saturated heterocycles. The number of piperidine rings is 1. The van der Waals surface area contributed by atoms with Crippen molar-refractivity contribution in [3.63, 3.8) is 0 Å². The van der Waals surface area contributed by atoms with Crippen LogP contribution in [0.1, 0.15) is 12.8 Å². The summed E-state index contributed by atoms with van der Waals surface area (Å²) in [6, 6.07) is 7.92. The van der Waals surface area contributed by atoms with Crippen molar-refractivity contribution in [3.8, 4) is 5.75 Å². The summed E-state index contributed by atoms with van der Waals surface area (Å²) >= 11 is 5.78. The van der Waals surface area contributed by atoms with Gasteiger partial charge in [-0.2, -0.15) is 0 Å². The number of ether oxygens (including phenoxy) is 1. The van der Waals surface area contributed by atoms with Gasteiger partial charge >= 0.3 is 0 Å². The molecule has 0 spiro atoms. The number of fused-ring (bicyclic) bond motifs is 2. The molecule has 1 aliphatic heterocycles. The number of benzene rings is 1.